The van der Waals surface area contributed by atoms with Crippen molar-refractivity contribution < 1.29 is 23.6 Å². The van der Waals surface area contributed by atoms with Gasteiger partial charge in [0.25, 0.3) is 11.2 Å². The largest absolute Gasteiger partial charge is 0.496 e. The van der Waals surface area contributed by atoms with Crippen LogP contribution in [0.3, 0.4) is 0 Å². The first-order valence-electron chi connectivity index (χ1n) is 12.5. The van der Waals surface area contributed by atoms with Gasteiger partial charge in [0.15, 0.2) is 4.80 Å². The van der Waals surface area contributed by atoms with E-state index < -0.39 is 16.9 Å². The molecule has 206 valence electrons. The zero-order valence-corrected chi connectivity index (χ0v) is 23.5. The van der Waals surface area contributed by atoms with E-state index in [0.29, 0.717) is 49.9 Å². The van der Waals surface area contributed by atoms with Gasteiger partial charge in [-0.1, -0.05) is 30.7 Å². The first-order valence-corrected chi connectivity index (χ1v) is 14.2. The molecule has 0 spiro atoms. The second-order valence-electron chi connectivity index (χ2n) is 8.77. The minimum Gasteiger partial charge on any atom is -0.496 e. The molecule has 0 aliphatic carbocycles. The number of carbonyl (C=O) groups is 1. The number of thiophene rings is 1. The number of nitrogens with zero attached hydrogens (tertiary/aromatic N) is 3. The first-order chi connectivity index (χ1) is 19.4. The molecule has 0 amide bonds. The molecule has 12 heteroatoms. The summed E-state index contributed by atoms with van der Waals surface area (Å²) in [4.78, 5) is 43.6. The monoisotopic (exact) mass is 579 g/mol. The highest BCUT2D eigenvalue weighted by atomic mass is 32.1. The molecular weight excluding hydrogens is 554 g/mol. The van der Waals surface area contributed by atoms with Crippen molar-refractivity contribution in [1.82, 2.24) is 4.57 Å². The lowest BCUT2D eigenvalue weighted by atomic mass is 9.99. The van der Waals surface area contributed by atoms with E-state index in [1.165, 1.54) is 41.9 Å². The molecule has 0 unspecified atom stereocenters. The number of methoxy groups -OCH3 is 1. The number of ether oxygens (including phenoxy) is 2. The highest BCUT2D eigenvalue weighted by Crippen LogP contribution is 2.36. The molecule has 0 N–H and O–H groups in total. The Labute approximate surface area is 236 Å². The van der Waals surface area contributed by atoms with E-state index in [9.17, 15) is 19.7 Å². The van der Waals surface area contributed by atoms with Crippen molar-refractivity contribution in [1.29, 1.82) is 0 Å². The normalized spacial score (nSPS) is 15.1. The van der Waals surface area contributed by atoms with E-state index in [1.54, 1.807) is 35.8 Å². The quantitative estimate of drug-likeness (QED) is 0.158. The van der Waals surface area contributed by atoms with Crippen LogP contribution in [0.15, 0.2) is 73.3 Å². The van der Waals surface area contributed by atoms with Gasteiger partial charge in [0.2, 0.25) is 0 Å². The number of esters is 1. The Morgan fingerprint density at radius 2 is 2.08 bits per heavy atom. The van der Waals surface area contributed by atoms with Gasteiger partial charge in [0, 0.05) is 17.0 Å². The number of furan rings is 1. The van der Waals surface area contributed by atoms with Gasteiger partial charge in [-0.25, -0.2) is 9.79 Å². The number of thiazole rings is 1. The van der Waals surface area contributed by atoms with E-state index in [-0.39, 0.29) is 17.9 Å². The predicted molar refractivity (Wildman–Crippen MR) is 151 cm³/mol. The van der Waals surface area contributed by atoms with Crippen LogP contribution in [0.25, 0.3) is 17.4 Å². The standard InChI is InChI=1S/C28H25N3O7S2/c1-4-7-19-24(27(33)37-5-2)25(22-8-6-13-39-22)30-26(32)23(40-28(30)29-19)15-17-10-12-20(38-17)18-11-9-16(31(34)35)14-21(18)36-3/h6,8-15,25H,4-5,7H2,1-3H3/b23-15-/t25-/m1/s1. The number of nitro benzene ring substituents is 1. The van der Waals surface area contributed by atoms with Gasteiger partial charge < -0.3 is 13.9 Å². The Balaban J connectivity index is 1.62. The van der Waals surface area contributed by atoms with Gasteiger partial charge in [-0.15, -0.1) is 11.3 Å². The third-order valence-corrected chi connectivity index (χ3v) is 8.17. The van der Waals surface area contributed by atoms with Crippen molar-refractivity contribution >= 4 is 40.4 Å². The number of non-ortho nitro benzene ring substituents is 1. The van der Waals surface area contributed by atoms with Crippen LogP contribution in [0.4, 0.5) is 5.69 Å². The number of allylic oxidation sites excluding steroid dienone is 1. The molecular formula is C28H25N3O7S2. The Morgan fingerprint density at radius 1 is 1.25 bits per heavy atom. The van der Waals surface area contributed by atoms with Gasteiger partial charge >= 0.3 is 5.97 Å². The molecule has 1 atom stereocenters. The van der Waals surface area contributed by atoms with Gasteiger partial charge in [-0.05, 0) is 43.0 Å². The smallest absolute Gasteiger partial charge is 0.338 e. The number of benzene rings is 1. The van der Waals surface area contributed by atoms with Crippen LogP contribution in [-0.2, 0) is 9.53 Å². The highest BCUT2D eigenvalue weighted by Gasteiger charge is 2.34. The maximum absolute atomic E-state index is 13.8. The fraction of sp³-hybridized carbons (Fsp3) is 0.250. The summed E-state index contributed by atoms with van der Waals surface area (Å²) in [5.74, 6) is 0.652. The van der Waals surface area contributed by atoms with Gasteiger partial charge in [-0.3, -0.25) is 19.5 Å². The third-order valence-electron chi connectivity index (χ3n) is 6.27. The molecule has 0 saturated carbocycles. The summed E-state index contributed by atoms with van der Waals surface area (Å²) in [6.45, 7) is 3.97. The van der Waals surface area contributed by atoms with Gasteiger partial charge in [0.1, 0.15) is 23.3 Å². The number of nitro groups is 1. The van der Waals surface area contributed by atoms with Crippen molar-refractivity contribution in [2.75, 3.05) is 13.7 Å². The van der Waals surface area contributed by atoms with Gasteiger partial charge in [-0.2, -0.15) is 0 Å². The molecule has 0 fully saturated rings. The summed E-state index contributed by atoms with van der Waals surface area (Å²) < 4.78 is 18.7. The van der Waals surface area contributed by atoms with Crippen LogP contribution in [0.5, 0.6) is 5.75 Å². The summed E-state index contributed by atoms with van der Waals surface area (Å²) in [6.07, 6.45) is 2.97. The maximum atomic E-state index is 13.8. The molecule has 4 heterocycles. The van der Waals surface area contributed by atoms with E-state index in [2.05, 4.69) is 0 Å². The number of hydrogen-bond donors (Lipinski definition) is 0. The van der Waals surface area contributed by atoms with Crippen LogP contribution in [0.1, 0.15) is 43.4 Å². The summed E-state index contributed by atoms with van der Waals surface area (Å²) >= 11 is 2.68. The van der Waals surface area contributed by atoms with E-state index in [0.717, 1.165) is 11.3 Å². The predicted octanol–water partition coefficient (Wildman–Crippen LogP) is 4.82. The highest BCUT2D eigenvalue weighted by molar-refractivity contribution is 7.10. The Kier molecular flexibility index (Phi) is 7.81. The molecule has 4 aromatic rings. The molecule has 5 rings (SSSR count). The van der Waals surface area contributed by atoms with E-state index >= 15 is 0 Å². The minimum absolute atomic E-state index is 0.0987. The molecule has 0 bridgehead atoms. The summed E-state index contributed by atoms with van der Waals surface area (Å²) in [7, 11) is 1.43. The van der Waals surface area contributed by atoms with Crippen LogP contribution in [0.2, 0.25) is 0 Å². The number of carbonyl (C=O) groups excluding carboxylic acids is 1. The maximum Gasteiger partial charge on any atom is 0.338 e. The molecule has 0 saturated heterocycles. The van der Waals surface area contributed by atoms with Crippen LogP contribution < -0.4 is 19.6 Å². The second kappa shape index (κ2) is 11.4. The van der Waals surface area contributed by atoms with Crippen molar-refractivity contribution in [3.05, 3.63) is 99.6 Å². The first kappa shape index (κ1) is 27.3. The Morgan fingerprint density at radius 3 is 2.75 bits per heavy atom. The molecule has 0 radical (unpaired) electrons. The topological polar surface area (TPSA) is 126 Å². The van der Waals surface area contributed by atoms with Crippen molar-refractivity contribution in [3.8, 4) is 17.1 Å². The zero-order chi connectivity index (χ0) is 28.4. The number of fused-ring (bicyclic) bond motifs is 1. The lowest BCUT2D eigenvalue weighted by molar-refractivity contribution is -0.384. The average Bonchev–Trinajstić information content (AvgIpc) is 3.70. The van der Waals surface area contributed by atoms with Crippen LogP contribution in [0, 0.1) is 10.1 Å². The van der Waals surface area contributed by atoms with E-state index in [4.69, 9.17) is 18.9 Å². The average molecular weight is 580 g/mol. The molecule has 40 heavy (non-hydrogen) atoms. The van der Waals surface area contributed by atoms with Crippen molar-refractivity contribution in [3.63, 3.8) is 0 Å². The minimum atomic E-state index is -0.643. The van der Waals surface area contributed by atoms with Gasteiger partial charge in [0.05, 0.1) is 46.1 Å². The molecule has 1 aliphatic rings. The summed E-state index contributed by atoms with van der Waals surface area (Å²) in [5.41, 5.74) is 1.15. The molecule has 1 aliphatic heterocycles. The second-order valence-corrected chi connectivity index (χ2v) is 10.8. The van der Waals surface area contributed by atoms with Crippen LogP contribution in [-0.4, -0.2) is 29.2 Å². The molecule has 10 nitrogen and oxygen atoms in total. The Hall–Kier alpha value is -4.29. The number of aromatic nitrogens is 1. The zero-order valence-electron chi connectivity index (χ0n) is 21.9. The fourth-order valence-corrected chi connectivity index (χ4v) is 6.36. The van der Waals surface area contributed by atoms with Crippen LogP contribution >= 0.6 is 22.7 Å². The summed E-state index contributed by atoms with van der Waals surface area (Å²) in [5, 5.41) is 13.0. The van der Waals surface area contributed by atoms with Crippen molar-refractivity contribution in [2.24, 2.45) is 4.99 Å². The number of rotatable bonds is 9. The lowest BCUT2D eigenvalue weighted by Gasteiger charge is -2.24. The lowest BCUT2D eigenvalue weighted by Crippen LogP contribution is -2.39. The number of hydrogen-bond acceptors (Lipinski definition) is 10. The SMILES string of the molecule is CCCC1=C(C(=O)OCC)[C@@H](c2cccs2)n2c(s/c(=C\c3ccc(-c4ccc([N+](=O)[O-])cc4OC)o3)c2=O)=N1. The fourth-order valence-electron chi connectivity index (χ4n) is 4.54. The van der Waals surface area contributed by atoms with Crippen molar-refractivity contribution in [2.45, 2.75) is 32.7 Å². The third kappa shape index (κ3) is 5.03. The Bertz CT molecular complexity index is 1800. The summed E-state index contributed by atoms with van der Waals surface area (Å²) in [6, 6.07) is 10.8. The van der Waals surface area contributed by atoms with E-state index in [1.807, 2.05) is 24.4 Å². The molecule has 3 aromatic heterocycles. The molecule has 1 aromatic carbocycles.